The second-order valence-corrected chi connectivity index (χ2v) is 4.82. The summed E-state index contributed by atoms with van der Waals surface area (Å²) in [6.45, 7) is 0.562. The van der Waals surface area contributed by atoms with E-state index in [4.69, 9.17) is 0 Å². The normalized spacial score (nSPS) is 9.95. The number of anilines is 1. The van der Waals surface area contributed by atoms with Crippen molar-refractivity contribution in [3.63, 3.8) is 0 Å². The molecule has 19 heavy (non-hydrogen) atoms. The zero-order chi connectivity index (χ0) is 13.7. The van der Waals surface area contributed by atoms with Crippen LogP contribution in [0.15, 0.2) is 47.4 Å². The van der Waals surface area contributed by atoms with Gasteiger partial charge in [-0.3, -0.25) is 0 Å². The lowest BCUT2D eigenvalue weighted by atomic mass is 10.1. The summed E-state index contributed by atoms with van der Waals surface area (Å²) in [6, 6.07) is 14.3. The zero-order valence-corrected chi connectivity index (χ0v) is 11.3. The van der Waals surface area contributed by atoms with E-state index in [1.165, 1.54) is 12.1 Å². The number of nitrogens with one attached hydrogen (secondary N) is 1. The maximum Gasteiger partial charge on any atom is 0.123 e. The third-order valence-electron chi connectivity index (χ3n) is 2.75. The molecule has 0 bridgehead atoms. The van der Waals surface area contributed by atoms with Crippen molar-refractivity contribution in [2.75, 3.05) is 11.6 Å². The molecular weight excluding hydrogens is 259 g/mol. The predicted molar refractivity (Wildman–Crippen MR) is 76.7 cm³/mol. The van der Waals surface area contributed by atoms with Gasteiger partial charge in [-0.1, -0.05) is 18.2 Å². The van der Waals surface area contributed by atoms with E-state index in [0.29, 0.717) is 12.1 Å². The van der Waals surface area contributed by atoms with Crippen LogP contribution in [-0.2, 0) is 6.54 Å². The summed E-state index contributed by atoms with van der Waals surface area (Å²) >= 11 is 1.55. The smallest absolute Gasteiger partial charge is 0.123 e. The summed E-state index contributed by atoms with van der Waals surface area (Å²) in [5.74, 6) is -0.245. The quantitative estimate of drug-likeness (QED) is 0.853. The molecule has 0 saturated carbocycles. The topological polar surface area (TPSA) is 35.8 Å². The number of thioether (sulfide) groups is 1. The minimum atomic E-state index is -0.245. The number of rotatable bonds is 4. The van der Waals surface area contributed by atoms with Crippen LogP contribution in [0.3, 0.4) is 0 Å². The molecule has 4 heteroatoms. The third-order valence-corrected chi connectivity index (χ3v) is 3.53. The van der Waals surface area contributed by atoms with Crippen LogP contribution in [0, 0.1) is 17.1 Å². The van der Waals surface area contributed by atoms with Gasteiger partial charge in [-0.25, -0.2) is 4.39 Å². The molecule has 0 radical (unpaired) electrons. The van der Waals surface area contributed by atoms with E-state index in [9.17, 15) is 9.65 Å². The molecule has 0 aliphatic heterocycles. The number of nitrogens with zero attached hydrogens (tertiary/aromatic N) is 1. The van der Waals surface area contributed by atoms with Crippen molar-refractivity contribution >= 4 is 17.4 Å². The first-order valence-electron chi connectivity index (χ1n) is 5.80. The lowest BCUT2D eigenvalue weighted by Gasteiger charge is -2.10. The van der Waals surface area contributed by atoms with Gasteiger partial charge in [0.2, 0.25) is 0 Å². The highest BCUT2D eigenvalue weighted by atomic mass is 32.2. The molecular formula is C15H13FN2S. The van der Waals surface area contributed by atoms with Crippen LogP contribution in [0.25, 0.3) is 0 Å². The maximum atomic E-state index is 12.8. The Labute approximate surface area is 116 Å². The number of nitriles is 1. The molecule has 0 spiro atoms. The van der Waals surface area contributed by atoms with Crippen molar-refractivity contribution in [2.45, 2.75) is 11.4 Å². The molecule has 2 rings (SSSR count). The molecule has 2 aromatic carbocycles. The Morgan fingerprint density at radius 1 is 1.21 bits per heavy atom. The molecule has 1 N–H and O–H groups in total. The Kier molecular flexibility index (Phi) is 4.43. The second kappa shape index (κ2) is 6.26. The maximum absolute atomic E-state index is 12.8. The van der Waals surface area contributed by atoms with E-state index < -0.39 is 0 Å². The third kappa shape index (κ3) is 3.27. The highest BCUT2D eigenvalue weighted by Gasteiger charge is 2.06. The average molecular weight is 272 g/mol. The molecule has 0 atom stereocenters. The summed E-state index contributed by atoms with van der Waals surface area (Å²) in [7, 11) is 0. The Bertz CT molecular complexity index is 603. The molecule has 0 amide bonds. The van der Waals surface area contributed by atoms with Gasteiger partial charge < -0.3 is 5.32 Å². The highest BCUT2D eigenvalue weighted by molar-refractivity contribution is 7.98. The van der Waals surface area contributed by atoms with Gasteiger partial charge in [0.05, 0.1) is 11.3 Å². The van der Waals surface area contributed by atoms with E-state index in [1.807, 2.05) is 24.5 Å². The van der Waals surface area contributed by atoms with Gasteiger partial charge in [-0.05, 0) is 36.1 Å². The first-order valence-corrected chi connectivity index (χ1v) is 7.02. The van der Waals surface area contributed by atoms with Crippen molar-refractivity contribution < 1.29 is 4.39 Å². The molecule has 2 aromatic rings. The van der Waals surface area contributed by atoms with Crippen molar-refractivity contribution in [1.29, 1.82) is 5.26 Å². The Morgan fingerprint density at radius 2 is 1.95 bits per heavy atom. The van der Waals surface area contributed by atoms with Crippen molar-refractivity contribution in [1.82, 2.24) is 0 Å². The first-order chi connectivity index (χ1) is 9.24. The van der Waals surface area contributed by atoms with Crippen LogP contribution >= 0.6 is 11.8 Å². The van der Waals surface area contributed by atoms with Crippen LogP contribution in [0.2, 0.25) is 0 Å². The fourth-order valence-electron chi connectivity index (χ4n) is 1.76. The summed E-state index contributed by atoms with van der Waals surface area (Å²) in [5, 5.41) is 12.4. The van der Waals surface area contributed by atoms with Gasteiger partial charge >= 0.3 is 0 Å². The van der Waals surface area contributed by atoms with Gasteiger partial charge in [0.1, 0.15) is 11.9 Å². The van der Waals surface area contributed by atoms with E-state index >= 15 is 0 Å². The molecule has 0 unspecified atom stereocenters. The average Bonchev–Trinajstić information content (AvgIpc) is 2.46. The van der Waals surface area contributed by atoms with E-state index in [2.05, 4.69) is 11.4 Å². The van der Waals surface area contributed by atoms with Crippen molar-refractivity contribution in [2.24, 2.45) is 0 Å². The number of hydrogen-bond acceptors (Lipinski definition) is 3. The molecule has 0 aliphatic rings. The van der Waals surface area contributed by atoms with Crippen LogP contribution in [0.4, 0.5) is 10.1 Å². The van der Waals surface area contributed by atoms with Crippen molar-refractivity contribution in [3.8, 4) is 6.07 Å². The fourth-order valence-corrected chi connectivity index (χ4v) is 2.34. The van der Waals surface area contributed by atoms with Crippen LogP contribution in [0.5, 0.6) is 0 Å². The zero-order valence-electron chi connectivity index (χ0n) is 10.5. The standard InChI is InChI=1S/C15H13FN2S/c1-19-15-4-2-3-14(13(15)9-17)18-10-11-5-7-12(16)8-6-11/h2-8,18H,10H2,1H3. The highest BCUT2D eigenvalue weighted by Crippen LogP contribution is 2.26. The Balaban J connectivity index is 2.16. The minimum Gasteiger partial charge on any atom is -0.380 e. The van der Waals surface area contributed by atoms with Crippen LogP contribution < -0.4 is 5.32 Å². The van der Waals surface area contributed by atoms with Gasteiger partial charge in [0.25, 0.3) is 0 Å². The SMILES string of the molecule is CSc1cccc(NCc2ccc(F)cc2)c1C#N. The molecule has 0 aromatic heterocycles. The van der Waals surface area contributed by atoms with Crippen molar-refractivity contribution in [3.05, 3.63) is 59.4 Å². The molecule has 0 aliphatic carbocycles. The summed E-state index contributed by atoms with van der Waals surface area (Å²) < 4.78 is 12.8. The summed E-state index contributed by atoms with van der Waals surface area (Å²) in [4.78, 5) is 0.951. The largest absolute Gasteiger partial charge is 0.380 e. The molecule has 0 fully saturated rings. The van der Waals surface area contributed by atoms with E-state index in [0.717, 1.165) is 16.1 Å². The fraction of sp³-hybridized carbons (Fsp3) is 0.133. The Morgan fingerprint density at radius 3 is 2.58 bits per heavy atom. The number of halogens is 1. The predicted octanol–water partition coefficient (Wildman–Crippen LogP) is 4.03. The number of benzene rings is 2. The molecule has 0 saturated heterocycles. The lowest BCUT2D eigenvalue weighted by Crippen LogP contribution is -2.02. The second-order valence-electron chi connectivity index (χ2n) is 3.97. The van der Waals surface area contributed by atoms with E-state index in [1.54, 1.807) is 23.9 Å². The summed E-state index contributed by atoms with van der Waals surface area (Å²) in [5.41, 5.74) is 2.43. The first kappa shape index (κ1) is 13.4. The van der Waals surface area contributed by atoms with Gasteiger partial charge in [0, 0.05) is 11.4 Å². The monoisotopic (exact) mass is 272 g/mol. The van der Waals surface area contributed by atoms with Gasteiger partial charge in [-0.15, -0.1) is 11.8 Å². The molecule has 96 valence electrons. The van der Waals surface area contributed by atoms with Gasteiger partial charge in [0.15, 0.2) is 0 Å². The Hall–Kier alpha value is -1.99. The van der Waals surface area contributed by atoms with Gasteiger partial charge in [-0.2, -0.15) is 5.26 Å². The molecule has 2 nitrogen and oxygen atoms in total. The minimum absolute atomic E-state index is 0.245. The van der Waals surface area contributed by atoms with Crippen LogP contribution in [0.1, 0.15) is 11.1 Å². The lowest BCUT2D eigenvalue weighted by molar-refractivity contribution is 0.627. The summed E-state index contributed by atoms with van der Waals surface area (Å²) in [6.07, 6.45) is 1.94. The molecule has 0 heterocycles. The van der Waals surface area contributed by atoms with Crippen LogP contribution in [-0.4, -0.2) is 6.26 Å². The number of hydrogen-bond donors (Lipinski definition) is 1. The van der Waals surface area contributed by atoms with E-state index in [-0.39, 0.29) is 5.82 Å².